The first-order valence-corrected chi connectivity index (χ1v) is 7.80. The molecule has 1 nitrogen and oxygen atoms in total. The van der Waals surface area contributed by atoms with E-state index in [1.807, 2.05) is 12.1 Å². The summed E-state index contributed by atoms with van der Waals surface area (Å²) in [5.41, 5.74) is 0.265. The predicted octanol–water partition coefficient (Wildman–Crippen LogP) is 4.87. The molecule has 0 unspecified atom stereocenters. The fourth-order valence-electron chi connectivity index (χ4n) is 1.47. The van der Waals surface area contributed by atoms with E-state index in [0.717, 1.165) is 30.5 Å². The Bertz CT molecular complexity index is 315. The molecule has 0 aliphatic rings. The van der Waals surface area contributed by atoms with Crippen molar-refractivity contribution in [1.29, 1.82) is 0 Å². The van der Waals surface area contributed by atoms with Gasteiger partial charge in [0.15, 0.2) is 0 Å². The first-order valence-electron chi connectivity index (χ1n) is 5.60. The Hall–Kier alpha value is 0.230. The van der Waals surface area contributed by atoms with Crippen molar-refractivity contribution in [3.05, 3.63) is 27.8 Å². The van der Waals surface area contributed by atoms with E-state index in [0.29, 0.717) is 0 Å². The van der Waals surface area contributed by atoms with Crippen molar-refractivity contribution in [2.45, 2.75) is 26.7 Å². The molecule has 0 aliphatic carbocycles. The lowest BCUT2D eigenvalue weighted by Gasteiger charge is -2.29. The smallest absolute Gasteiger partial charge is 0.120 e. The van der Waals surface area contributed by atoms with Crippen molar-refractivity contribution in [2.75, 3.05) is 11.9 Å². The van der Waals surface area contributed by atoms with E-state index < -0.39 is 0 Å². The maximum absolute atomic E-state index is 5.89. The number of alkyl halides is 1. The van der Waals surface area contributed by atoms with Crippen LogP contribution in [0.3, 0.4) is 0 Å². The van der Waals surface area contributed by atoms with Gasteiger partial charge in [0.1, 0.15) is 5.75 Å². The third-order valence-electron chi connectivity index (χ3n) is 3.12. The van der Waals surface area contributed by atoms with Gasteiger partial charge in [-0.2, -0.15) is 0 Å². The Kier molecular flexibility index (Phi) is 6.11. The normalized spacial score (nSPS) is 11.5. The van der Waals surface area contributed by atoms with Crippen LogP contribution in [0.5, 0.6) is 5.75 Å². The highest BCUT2D eigenvalue weighted by molar-refractivity contribution is 14.1. The van der Waals surface area contributed by atoms with Gasteiger partial charge in [0.25, 0.3) is 0 Å². The molecule has 0 amide bonds. The van der Waals surface area contributed by atoms with E-state index in [1.165, 1.54) is 3.57 Å². The van der Waals surface area contributed by atoms with Crippen LogP contribution in [0.15, 0.2) is 24.3 Å². The molecule has 0 fully saturated rings. The molecule has 0 spiro atoms. The summed E-state index contributed by atoms with van der Waals surface area (Å²) in [4.78, 5) is 0. The van der Waals surface area contributed by atoms with Crippen molar-refractivity contribution in [3.8, 4) is 5.75 Å². The average molecular weight is 397 g/mol. The van der Waals surface area contributed by atoms with Gasteiger partial charge >= 0.3 is 0 Å². The lowest BCUT2D eigenvalue weighted by atomic mass is 9.86. The highest BCUT2D eigenvalue weighted by Gasteiger charge is 2.25. The minimum absolute atomic E-state index is 0.265. The molecule has 0 saturated carbocycles. The molecule has 0 N–H and O–H groups in total. The molecule has 0 atom stereocenters. The van der Waals surface area contributed by atoms with Crippen LogP contribution in [-0.4, -0.2) is 11.9 Å². The molecule has 1 aromatic rings. The second-order valence-electron chi connectivity index (χ2n) is 4.09. The second kappa shape index (κ2) is 6.84. The maximum atomic E-state index is 5.89. The molecule has 0 aliphatic heterocycles. The molecule has 0 heterocycles. The fourth-order valence-corrected chi connectivity index (χ4v) is 2.94. The Morgan fingerprint density at radius 3 is 2.50 bits per heavy atom. The third-order valence-corrected chi connectivity index (χ3v) is 4.99. The molecule has 16 heavy (non-hydrogen) atoms. The molecule has 0 radical (unpaired) electrons. The largest absolute Gasteiger partial charge is 0.493 e. The zero-order valence-corrected chi connectivity index (χ0v) is 13.5. The summed E-state index contributed by atoms with van der Waals surface area (Å²) in [7, 11) is 0. The van der Waals surface area contributed by atoms with Gasteiger partial charge in [-0.15, -0.1) is 0 Å². The molecular formula is C13H18BrIO. The number of hydrogen-bond donors (Lipinski definition) is 0. The highest BCUT2D eigenvalue weighted by Crippen LogP contribution is 2.30. The molecule has 3 heteroatoms. The van der Waals surface area contributed by atoms with Gasteiger partial charge in [0.05, 0.1) is 6.61 Å². The van der Waals surface area contributed by atoms with Gasteiger partial charge in [-0.1, -0.05) is 35.8 Å². The summed E-state index contributed by atoms with van der Waals surface area (Å²) < 4.78 is 7.11. The number of rotatable bonds is 6. The second-order valence-corrected chi connectivity index (χ2v) is 5.89. The van der Waals surface area contributed by atoms with Crippen molar-refractivity contribution < 1.29 is 4.74 Å². The van der Waals surface area contributed by atoms with Crippen LogP contribution in [-0.2, 0) is 0 Å². The summed E-state index contributed by atoms with van der Waals surface area (Å²) >= 11 is 5.90. The van der Waals surface area contributed by atoms with E-state index in [1.54, 1.807) is 0 Å². The third kappa shape index (κ3) is 3.91. The van der Waals surface area contributed by atoms with Gasteiger partial charge in [-0.3, -0.25) is 0 Å². The fraction of sp³-hybridized carbons (Fsp3) is 0.538. The average Bonchev–Trinajstić information content (AvgIpc) is 2.32. The molecular weight excluding hydrogens is 379 g/mol. The Labute approximate surface area is 120 Å². The van der Waals surface area contributed by atoms with Crippen LogP contribution < -0.4 is 4.74 Å². The molecule has 0 bridgehead atoms. The molecule has 1 rings (SSSR count). The molecule has 0 saturated heterocycles. The van der Waals surface area contributed by atoms with Crippen LogP contribution in [0.1, 0.15) is 26.7 Å². The first-order chi connectivity index (χ1) is 7.65. The van der Waals surface area contributed by atoms with Crippen LogP contribution in [0.2, 0.25) is 0 Å². The van der Waals surface area contributed by atoms with E-state index in [4.69, 9.17) is 4.74 Å². The number of halogens is 2. The van der Waals surface area contributed by atoms with Crippen LogP contribution >= 0.6 is 38.5 Å². The van der Waals surface area contributed by atoms with E-state index in [9.17, 15) is 0 Å². The Balaban J connectivity index is 2.62. The lowest BCUT2D eigenvalue weighted by molar-refractivity contribution is 0.158. The van der Waals surface area contributed by atoms with Crippen LogP contribution in [0.4, 0.5) is 0 Å². The summed E-state index contributed by atoms with van der Waals surface area (Å²) in [6.45, 7) is 5.23. The van der Waals surface area contributed by atoms with Crippen molar-refractivity contribution in [3.63, 3.8) is 0 Å². The maximum Gasteiger partial charge on any atom is 0.120 e. The van der Waals surface area contributed by atoms with Gasteiger partial charge in [-0.05, 0) is 53.6 Å². The minimum atomic E-state index is 0.265. The zero-order valence-electron chi connectivity index (χ0n) is 9.80. The van der Waals surface area contributed by atoms with E-state index in [-0.39, 0.29) is 5.41 Å². The zero-order chi connectivity index (χ0) is 12.0. The Morgan fingerprint density at radius 1 is 1.31 bits per heavy atom. The van der Waals surface area contributed by atoms with Crippen molar-refractivity contribution >= 4 is 38.5 Å². The minimum Gasteiger partial charge on any atom is -0.493 e. The highest BCUT2D eigenvalue weighted by atomic mass is 127. The van der Waals surface area contributed by atoms with Crippen molar-refractivity contribution in [1.82, 2.24) is 0 Å². The van der Waals surface area contributed by atoms with Gasteiger partial charge in [0, 0.05) is 14.3 Å². The van der Waals surface area contributed by atoms with E-state index in [2.05, 4.69) is 64.5 Å². The summed E-state index contributed by atoms with van der Waals surface area (Å²) in [5, 5.41) is 0.997. The van der Waals surface area contributed by atoms with Crippen molar-refractivity contribution in [2.24, 2.45) is 5.41 Å². The van der Waals surface area contributed by atoms with Gasteiger partial charge in [0.2, 0.25) is 0 Å². The number of benzene rings is 1. The molecule has 1 aromatic carbocycles. The van der Waals surface area contributed by atoms with Crippen LogP contribution in [0, 0.1) is 8.99 Å². The topological polar surface area (TPSA) is 9.23 Å². The SMILES string of the molecule is CCC(CC)(CBr)COc1cccc(I)c1. The Morgan fingerprint density at radius 2 is 2.00 bits per heavy atom. The summed E-state index contributed by atoms with van der Waals surface area (Å²) in [6.07, 6.45) is 2.28. The first kappa shape index (κ1) is 14.3. The summed E-state index contributed by atoms with van der Waals surface area (Å²) in [6, 6.07) is 8.20. The monoisotopic (exact) mass is 396 g/mol. The molecule has 90 valence electrons. The lowest BCUT2D eigenvalue weighted by Crippen LogP contribution is -2.29. The predicted molar refractivity (Wildman–Crippen MR) is 81.5 cm³/mol. The van der Waals surface area contributed by atoms with Crippen LogP contribution in [0.25, 0.3) is 0 Å². The standard InChI is InChI=1S/C13H18BrIO/c1-3-13(4-2,9-14)10-16-12-7-5-6-11(15)8-12/h5-8H,3-4,9-10H2,1-2H3. The summed E-state index contributed by atoms with van der Waals surface area (Å²) in [5.74, 6) is 0.971. The number of ether oxygens (including phenoxy) is 1. The number of hydrogen-bond acceptors (Lipinski definition) is 1. The quantitative estimate of drug-likeness (QED) is 0.492. The molecule has 0 aromatic heterocycles. The van der Waals surface area contributed by atoms with E-state index >= 15 is 0 Å². The van der Waals surface area contributed by atoms with Gasteiger partial charge in [-0.25, -0.2) is 0 Å². The van der Waals surface area contributed by atoms with Gasteiger partial charge < -0.3 is 4.74 Å².